The van der Waals surface area contributed by atoms with Crippen LogP contribution in [0, 0.1) is 17.5 Å². The molecule has 24 heavy (non-hydrogen) atoms. The predicted molar refractivity (Wildman–Crippen MR) is 84.7 cm³/mol. The van der Waals surface area contributed by atoms with E-state index in [9.17, 15) is 21.6 Å². The Kier molecular flexibility index (Phi) is 4.95. The first-order chi connectivity index (χ1) is 11.4. The van der Waals surface area contributed by atoms with E-state index in [1.807, 2.05) is 17.5 Å². The minimum absolute atomic E-state index is 0.173. The van der Waals surface area contributed by atoms with Gasteiger partial charge in [-0.25, -0.2) is 21.6 Å². The molecule has 1 aliphatic heterocycles. The van der Waals surface area contributed by atoms with Crippen molar-refractivity contribution in [2.45, 2.75) is 11.4 Å². The second-order valence-corrected chi connectivity index (χ2v) is 8.37. The smallest absolute Gasteiger partial charge is 0.246 e. The summed E-state index contributed by atoms with van der Waals surface area (Å²) in [6.07, 6.45) is 0. The summed E-state index contributed by atoms with van der Waals surface area (Å²) in [5.74, 6) is -4.85. The van der Waals surface area contributed by atoms with Crippen LogP contribution in [-0.2, 0) is 16.6 Å². The van der Waals surface area contributed by atoms with Crippen LogP contribution in [0.5, 0.6) is 0 Å². The summed E-state index contributed by atoms with van der Waals surface area (Å²) in [5.41, 5.74) is 0. The van der Waals surface area contributed by atoms with E-state index in [1.54, 1.807) is 11.3 Å². The van der Waals surface area contributed by atoms with Crippen molar-refractivity contribution in [2.75, 3.05) is 26.2 Å². The lowest BCUT2D eigenvalue weighted by atomic mass is 10.3. The molecule has 0 N–H and O–H groups in total. The second-order valence-electron chi connectivity index (χ2n) is 5.43. The van der Waals surface area contributed by atoms with Gasteiger partial charge >= 0.3 is 0 Å². The molecule has 3 rings (SSSR count). The normalized spacial score (nSPS) is 17.3. The number of nitrogens with zero attached hydrogens (tertiary/aromatic N) is 2. The van der Waals surface area contributed by atoms with Crippen LogP contribution in [0.3, 0.4) is 0 Å². The molecule has 0 unspecified atom stereocenters. The maximum absolute atomic E-state index is 13.8. The van der Waals surface area contributed by atoms with Crippen LogP contribution in [0.2, 0.25) is 0 Å². The predicted octanol–water partition coefficient (Wildman–Crippen LogP) is 2.67. The van der Waals surface area contributed by atoms with E-state index in [0.29, 0.717) is 19.2 Å². The van der Waals surface area contributed by atoms with Crippen LogP contribution in [0.4, 0.5) is 13.2 Å². The van der Waals surface area contributed by atoms with E-state index >= 15 is 0 Å². The molecular formula is C15H15F3N2O2S2. The maximum atomic E-state index is 13.8. The van der Waals surface area contributed by atoms with Gasteiger partial charge in [-0.05, 0) is 23.6 Å². The standard InChI is InChI=1S/C15H15F3N2O2S2/c16-12-3-4-13(15(18)14(12)17)24(21,22)20-7-5-19(6-8-20)10-11-2-1-9-23-11/h1-4,9H,5-8,10H2. The molecule has 0 atom stereocenters. The Balaban J connectivity index is 1.72. The summed E-state index contributed by atoms with van der Waals surface area (Å²) in [6, 6.07) is 5.34. The van der Waals surface area contributed by atoms with Gasteiger partial charge in [0.1, 0.15) is 4.90 Å². The van der Waals surface area contributed by atoms with Crippen molar-refractivity contribution in [3.63, 3.8) is 0 Å². The minimum Gasteiger partial charge on any atom is -0.296 e. The summed E-state index contributed by atoms with van der Waals surface area (Å²) in [5, 5.41) is 1.97. The minimum atomic E-state index is -4.19. The largest absolute Gasteiger partial charge is 0.296 e. The summed E-state index contributed by atoms with van der Waals surface area (Å²) in [7, 11) is -4.19. The van der Waals surface area contributed by atoms with E-state index in [1.165, 1.54) is 4.88 Å². The van der Waals surface area contributed by atoms with Crippen molar-refractivity contribution in [3.8, 4) is 0 Å². The van der Waals surface area contributed by atoms with Gasteiger partial charge in [-0.2, -0.15) is 4.31 Å². The highest BCUT2D eigenvalue weighted by molar-refractivity contribution is 7.89. The molecule has 0 amide bonds. The van der Waals surface area contributed by atoms with Crippen LogP contribution in [-0.4, -0.2) is 43.8 Å². The number of benzene rings is 1. The molecule has 0 bridgehead atoms. The Morgan fingerprint density at radius 2 is 1.71 bits per heavy atom. The highest BCUT2D eigenvalue weighted by Gasteiger charge is 2.32. The fourth-order valence-electron chi connectivity index (χ4n) is 2.60. The van der Waals surface area contributed by atoms with Gasteiger partial charge < -0.3 is 0 Å². The molecule has 1 aromatic carbocycles. The number of hydrogen-bond donors (Lipinski definition) is 0. The van der Waals surface area contributed by atoms with Crippen molar-refractivity contribution < 1.29 is 21.6 Å². The summed E-state index contributed by atoms with van der Waals surface area (Å²) >= 11 is 1.62. The molecule has 9 heteroatoms. The molecule has 2 aromatic rings. The molecule has 0 aliphatic carbocycles. The maximum Gasteiger partial charge on any atom is 0.246 e. The molecule has 1 aromatic heterocycles. The molecule has 1 aliphatic rings. The van der Waals surface area contributed by atoms with Crippen LogP contribution in [0.25, 0.3) is 0 Å². The lowest BCUT2D eigenvalue weighted by Gasteiger charge is -2.33. The molecule has 1 saturated heterocycles. The average molecular weight is 376 g/mol. The molecule has 0 saturated carbocycles. The molecule has 2 heterocycles. The lowest BCUT2D eigenvalue weighted by Crippen LogP contribution is -2.48. The quantitative estimate of drug-likeness (QED) is 0.771. The van der Waals surface area contributed by atoms with E-state index in [4.69, 9.17) is 0 Å². The van der Waals surface area contributed by atoms with Crippen molar-refractivity contribution in [3.05, 3.63) is 52.0 Å². The topological polar surface area (TPSA) is 40.6 Å². The summed E-state index contributed by atoms with van der Waals surface area (Å²) in [6.45, 7) is 2.05. The number of sulfonamides is 1. The zero-order valence-electron chi connectivity index (χ0n) is 12.6. The van der Waals surface area contributed by atoms with Gasteiger partial charge in [0.25, 0.3) is 0 Å². The average Bonchev–Trinajstić information content (AvgIpc) is 3.06. The zero-order chi connectivity index (χ0) is 17.3. The van der Waals surface area contributed by atoms with Gasteiger partial charge in [0.2, 0.25) is 10.0 Å². The first-order valence-electron chi connectivity index (χ1n) is 7.28. The fraction of sp³-hybridized carbons (Fsp3) is 0.333. The monoisotopic (exact) mass is 376 g/mol. The lowest BCUT2D eigenvalue weighted by molar-refractivity contribution is 0.182. The first kappa shape index (κ1) is 17.4. The number of halogens is 3. The van der Waals surface area contributed by atoms with Crippen LogP contribution in [0.1, 0.15) is 4.88 Å². The highest BCUT2D eigenvalue weighted by atomic mass is 32.2. The van der Waals surface area contributed by atoms with Gasteiger partial charge in [0.15, 0.2) is 17.5 Å². The van der Waals surface area contributed by atoms with Gasteiger partial charge in [0, 0.05) is 37.6 Å². The van der Waals surface area contributed by atoms with Crippen LogP contribution < -0.4 is 0 Å². The van der Waals surface area contributed by atoms with Gasteiger partial charge in [-0.15, -0.1) is 11.3 Å². The van der Waals surface area contributed by atoms with Gasteiger partial charge in [-0.3, -0.25) is 4.90 Å². The number of thiophene rings is 1. The Morgan fingerprint density at radius 3 is 2.33 bits per heavy atom. The molecular weight excluding hydrogens is 361 g/mol. The zero-order valence-corrected chi connectivity index (χ0v) is 14.2. The summed E-state index contributed by atoms with van der Waals surface area (Å²) in [4.78, 5) is 2.45. The van der Waals surface area contributed by atoms with Crippen molar-refractivity contribution in [1.29, 1.82) is 0 Å². The van der Waals surface area contributed by atoms with Crippen molar-refractivity contribution >= 4 is 21.4 Å². The van der Waals surface area contributed by atoms with Gasteiger partial charge in [0.05, 0.1) is 0 Å². The first-order valence-corrected chi connectivity index (χ1v) is 9.60. The van der Waals surface area contributed by atoms with E-state index < -0.39 is 32.4 Å². The molecule has 4 nitrogen and oxygen atoms in total. The number of rotatable bonds is 4. The van der Waals surface area contributed by atoms with E-state index in [0.717, 1.165) is 16.9 Å². The second kappa shape index (κ2) is 6.83. The van der Waals surface area contributed by atoms with Crippen LogP contribution in [0.15, 0.2) is 34.5 Å². The number of hydrogen-bond acceptors (Lipinski definition) is 4. The Hall–Kier alpha value is -1.42. The number of piperazine rings is 1. The van der Waals surface area contributed by atoms with E-state index in [-0.39, 0.29) is 13.1 Å². The Morgan fingerprint density at radius 1 is 1.00 bits per heavy atom. The van der Waals surface area contributed by atoms with Crippen molar-refractivity contribution in [1.82, 2.24) is 9.21 Å². The summed E-state index contributed by atoms with van der Waals surface area (Å²) < 4.78 is 66.2. The third-order valence-electron chi connectivity index (χ3n) is 3.91. The van der Waals surface area contributed by atoms with Crippen LogP contribution >= 0.6 is 11.3 Å². The molecule has 1 fully saturated rings. The molecule has 0 spiro atoms. The van der Waals surface area contributed by atoms with E-state index in [2.05, 4.69) is 4.90 Å². The molecule has 0 radical (unpaired) electrons. The third-order valence-corrected chi connectivity index (χ3v) is 6.69. The van der Waals surface area contributed by atoms with Crippen molar-refractivity contribution in [2.24, 2.45) is 0 Å². The van der Waals surface area contributed by atoms with Gasteiger partial charge in [-0.1, -0.05) is 6.07 Å². The third kappa shape index (κ3) is 3.34. The Labute approximate surface area is 142 Å². The Bertz CT molecular complexity index is 817. The fourth-order valence-corrected chi connectivity index (χ4v) is 4.82. The molecule has 130 valence electrons. The SMILES string of the molecule is O=S(=O)(c1ccc(F)c(F)c1F)N1CCN(Cc2cccs2)CC1. The highest BCUT2D eigenvalue weighted by Crippen LogP contribution is 2.24.